The number of carbonyl (C=O) groups excluding carboxylic acids is 1. The Balaban J connectivity index is 1.71. The number of rotatable bonds is 5. The van der Waals surface area contributed by atoms with Gasteiger partial charge in [-0.05, 0) is 41.5 Å². The lowest BCUT2D eigenvalue weighted by Crippen LogP contribution is -2.19. The summed E-state index contributed by atoms with van der Waals surface area (Å²) in [6.45, 7) is 0. The molecule has 0 heterocycles. The van der Waals surface area contributed by atoms with Crippen molar-refractivity contribution in [3.63, 3.8) is 0 Å². The predicted octanol–water partition coefficient (Wildman–Crippen LogP) is 5.51. The first-order chi connectivity index (χ1) is 12.7. The van der Waals surface area contributed by atoms with E-state index in [1.54, 1.807) is 7.11 Å². The molecule has 0 aromatic heterocycles. The number of carbonyl (C=O) groups is 1. The van der Waals surface area contributed by atoms with Gasteiger partial charge in [-0.3, -0.25) is 0 Å². The van der Waals surface area contributed by atoms with Crippen LogP contribution in [0.2, 0.25) is 0 Å². The Kier molecular flexibility index (Phi) is 5.68. The normalized spacial score (nSPS) is 10.5. The molecule has 4 heteroatoms. The first-order valence-corrected chi connectivity index (χ1v) is 8.29. The Morgan fingerprint density at radius 1 is 0.808 bits per heavy atom. The van der Waals surface area contributed by atoms with E-state index in [9.17, 15) is 4.79 Å². The highest BCUT2D eigenvalue weighted by Crippen LogP contribution is 2.20. The second-order valence-electron chi connectivity index (χ2n) is 5.64. The zero-order valence-electron chi connectivity index (χ0n) is 14.5. The van der Waals surface area contributed by atoms with Crippen molar-refractivity contribution in [3.8, 4) is 5.75 Å². The van der Waals surface area contributed by atoms with Crippen LogP contribution >= 0.6 is 0 Å². The molecule has 0 saturated heterocycles. The maximum atomic E-state index is 12.2. The molecule has 0 radical (unpaired) electrons. The number of hydrogen-bond acceptors (Lipinski definition) is 2. The minimum atomic E-state index is -0.276. The van der Waals surface area contributed by atoms with Crippen molar-refractivity contribution in [2.45, 2.75) is 0 Å². The van der Waals surface area contributed by atoms with Gasteiger partial charge in [-0.25, -0.2) is 4.79 Å². The van der Waals surface area contributed by atoms with Gasteiger partial charge in [0.15, 0.2) is 0 Å². The number of anilines is 2. The standard InChI is InChI=1S/C22H20N2O2/c1-26-20-15-12-17(13-16-20)11-14-18-7-5-6-10-21(18)24-22(25)23-19-8-3-2-4-9-19/h2-16H,1H3,(H2,23,24,25)/b14-11+. The fraction of sp³-hybridized carbons (Fsp3) is 0.0455. The van der Waals surface area contributed by atoms with Crippen molar-refractivity contribution in [2.24, 2.45) is 0 Å². The lowest BCUT2D eigenvalue weighted by atomic mass is 10.1. The molecule has 3 aromatic rings. The van der Waals surface area contributed by atoms with E-state index in [0.29, 0.717) is 0 Å². The summed E-state index contributed by atoms with van der Waals surface area (Å²) in [7, 11) is 1.65. The molecule has 0 atom stereocenters. The summed E-state index contributed by atoms with van der Waals surface area (Å²) in [5, 5.41) is 5.71. The molecule has 0 aliphatic rings. The molecule has 0 unspecified atom stereocenters. The third-order valence-corrected chi connectivity index (χ3v) is 3.81. The van der Waals surface area contributed by atoms with Gasteiger partial charge in [0.2, 0.25) is 0 Å². The molecular weight excluding hydrogens is 324 g/mol. The molecule has 3 aromatic carbocycles. The van der Waals surface area contributed by atoms with Crippen LogP contribution in [0.5, 0.6) is 5.75 Å². The molecule has 0 spiro atoms. The highest BCUT2D eigenvalue weighted by Gasteiger charge is 2.05. The van der Waals surface area contributed by atoms with Crippen LogP contribution in [0.15, 0.2) is 78.9 Å². The lowest BCUT2D eigenvalue weighted by Gasteiger charge is -2.10. The summed E-state index contributed by atoms with van der Waals surface area (Å²) in [6, 6.07) is 24.5. The monoisotopic (exact) mass is 344 g/mol. The number of benzene rings is 3. The fourth-order valence-electron chi connectivity index (χ4n) is 2.46. The quantitative estimate of drug-likeness (QED) is 0.600. The average molecular weight is 344 g/mol. The number of amides is 2. The summed E-state index contributed by atoms with van der Waals surface area (Å²) in [6.07, 6.45) is 3.97. The minimum absolute atomic E-state index is 0.276. The van der Waals surface area contributed by atoms with E-state index in [4.69, 9.17) is 4.74 Å². The van der Waals surface area contributed by atoms with Gasteiger partial charge in [-0.15, -0.1) is 0 Å². The van der Waals surface area contributed by atoms with E-state index < -0.39 is 0 Å². The van der Waals surface area contributed by atoms with Crippen molar-refractivity contribution < 1.29 is 9.53 Å². The number of hydrogen-bond donors (Lipinski definition) is 2. The largest absolute Gasteiger partial charge is 0.497 e. The smallest absolute Gasteiger partial charge is 0.323 e. The van der Waals surface area contributed by atoms with Crippen molar-refractivity contribution in [2.75, 3.05) is 17.7 Å². The average Bonchev–Trinajstić information content (AvgIpc) is 2.68. The minimum Gasteiger partial charge on any atom is -0.497 e. The first-order valence-electron chi connectivity index (χ1n) is 8.29. The maximum absolute atomic E-state index is 12.2. The van der Waals surface area contributed by atoms with Gasteiger partial charge in [0, 0.05) is 11.4 Å². The molecule has 0 aliphatic carbocycles. The first kappa shape index (κ1) is 17.3. The Hall–Kier alpha value is -3.53. The van der Waals surface area contributed by atoms with Crippen LogP contribution in [-0.4, -0.2) is 13.1 Å². The Labute approximate surface area is 153 Å². The molecule has 26 heavy (non-hydrogen) atoms. The molecular formula is C22H20N2O2. The predicted molar refractivity (Wildman–Crippen MR) is 107 cm³/mol. The molecule has 0 bridgehead atoms. The summed E-state index contributed by atoms with van der Waals surface area (Å²) < 4.78 is 5.17. The molecule has 3 rings (SSSR count). The second kappa shape index (κ2) is 8.53. The number of urea groups is 1. The molecule has 2 amide bonds. The van der Waals surface area contributed by atoms with Crippen molar-refractivity contribution in [3.05, 3.63) is 90.0 Å². The highest BCUT2D eigenvalue weighted by molar-refractivity contribution is 6.01. The van der Waals surface area contributed by atoms with Crippen LogP contribution < -0.4 is 15.4 Å². The molecule has 0 saturated carbocycles. The fourth-order valence-corrected chi connectivity index (χ4v) is 2.46. The number of ether oxygens (including phenoxy) is 1. The zero-order chi connectivity index (χ0) is 18.2. The van der Waals surface area contributed by atoms with Crippen molar-refractivity contribution >= 4 is 29.6 Å². The van der Waals surface area contributed by atoms with Gasteiger partial charge in [0.1, 0.15) is 5.75 Å². The van der Waals surface area contributed by atoms with Crippen molar-refractivity contribution in [1.29, 1.82) is 0 Å². The van der Waals surface area contributed by atoms with Crippen LogP contribution in [0.25, 0.3) is 12.2 Å². The summed E-state index contributed by atoms with van der Waals surface area (Å²) in [5.74, 6) is 0.821. The van der Waals surface area contributed by atoms with Gasteiger partial charge in [-0.1, -0.05) is 60.7 Å². The summed E-state index contributed by atoms with van der Waals surface area (Å²) in [4.78, 5) is 12.2. The third kappa shape index (κ3) is 4.74. The zero-order valence-corrected chi connectivity index (χ0v) is 14.5. The van der Waals surface area contributed by atoms with Gasteiger partial charge in [0.05, 0.1) is 7.11 Å². The van der Waals surface area contributed by atoms with Crippen LogP contribution in [-0.2, 0) is 0 Å². The molecule has 0 aliphatic heterocycles. The van der Waals surface area contributed by atoms with Gasteiger partial charge >= 0.3 is 6.03 Å². The Morgan fingerprint density at radius 2 is 1.50 bits per heavy atom. The van der Waals surface area contributed by atoms with E-state index in [2.05, 4.69) is 10.6 Å². The van der Waals surface area contributed by atoms with E-state index in [-0.39, 0.29) is 6.03 Å². The molecule has 0 fully saturated rings. The second-order valence-corrected chi connectivity index (χ2v) is 5.64. The van der Waals surface area contributed by atoms with Gasteiger partial charge < -0.3 is 15.4 Å². The van der Waals surface area contributed by atoms with Gasteiger partial charge in [0.25, 0.3) is 0 Å². The van der Waals surface area contributed by atoms with Crippen LogP contribution in [0.3, 0.4) is 0 Å². The number of nitrogens with one attached hydrogen (secondary N) is 2. The summed E-state index contributed by atoms with van der Waals surface area (Å²) >= 11 is 0. The SMILES string of the molecule is COc1ccc(/C=C/c2ccccc2NC(=O)Nc2ccccc2)cc1. The summed E-state index contributed by atoms with van der Waals surface area (Å²) in [5.41, 5.74) is 3.46. The van der Waals surface area contributed by atoms with Crippen molar-refractivity contribution in [1.82, 2.24) is 0 Å². The van der Waals surface area contributed by atoms with Crippen LogP contribution in [0, 0.1) is 0 Å². The Morgan fingerprint density at radius 3 is 2.23 bits per heavy atom. The maximum Gasteiger partial charge on any atom is 0.323 e. The lowest BCUT2D eigenvalue weighted by molar-refractivity contribution is 0.262. The molecule has 2 N–H and O–H groups in total. The topological polar surface area (TPSA) is 50.4 Å². The van der Waals surface area contributed by atoms with Gasteiger partial charge in [-0.2, -0.15) is 0 Å². The van der Waals surface area contributed by atoms with E-state index >= 15 is 0 Å². The molecule has 4 nitrogen and oxygen atoms in total. The van der Waals surface area contributed by atoms with Crippen LogP contribution in [0.4, 0.5) is 16.2 Å². The molecule has 130 valence electrons. The van der Waals surface area contributed by atoms with Crippen LogP contribution in [0.1, 0.15) is 11.1 Å². The highest BCUT2D eigenvalue weighted by atomic mass is 16.5. The van der Waals surface area contributed by atoms with E-state index in [1.165, 1.54) is 0 Å². The Bertz CT molecular complexity index is 888. The number of para-hydroxylation sites is 2. The van der Waals surface area contributed by atoms with E-state index in [1.807, 2.05) is 91.0 Å². The third-order valence-electron chi connectivity index (χ3n) is 3.81. The van der Waals surface area contributed by atoms with E-state index in [0.717, 1.165) is 28.3 Å². The number of methoxy groups -OCH3 is 1.